The average molecular weight is 369 g/mol. The zero-order valence-electron chi connectivity index (χ0n) is 14.2. The summed E-state index contributed by atoms with van der Waals surface area (Å²) in [6, 6.07) is 6.53. The van der Waals surface area contributed by atoms with Crippen LogP contribution in [0, 0.1) is 10.1 Å². The van der Waals surface area contributed by atoms with E-state index in [4.69, 9.17) is 0 Å². The minimum absolute atomic E-state index is 0.0235. The van der Waals surface area contributed by atoms with Crippen LogP contribution in [0.15, 0.2) is 30.3 Å². The number of nitrogens with one attached hydrogen (secondary N) is 2. The van der Waals surface area contributed by atoms with E-state index in [1.54, 1.807) is 13.0 Å². The van der Waals surface area contributed by atoms with E-state index in [0.717, 1.165) is 6.07 Å². The number of nitrogens with zero attached hydrogens (tertiary/aromatic N) is 3. The molecule has 1 atom stereocenters. The van der Waals surface area contributed by atoms with E-state index in [1.807, 2.05) is 6.92 Å². The Hall–Kier alpha value is -2.91. The van der Waals surface area contributed by atoms with Crippen LogP contribution in [0.2, 0.25) is 0 Å². The number of halogens is 3. The van der Waals surface area contributed by atoms with Gasteiger partial charge >= 0.3 is 6.18 Å². The molecule has 0 saturated heterocycles. The maximum absolute atomic E-state index is 13.1. The predicted octanol–water partition coefficient (Wildman–Crippen LogP) is 4.23. The summed E-state index contributed by atoms with van der Waals surface area (Å²) in [5.41, 5.74) is -0.621. The minimum Gasteiger partial charge on any atom is -0.366 e. The van der Waals surface area contributed by atoms with Gasteiger partial charge in [-0.1, -0.05) is 19.1 Å². The van der Waals surface area contributed by atoms with E-state index in [1.165, 1.54) is 18.2 Å². The fourth-order valence-corrected chi connectivity index (χ4v) is 2.04. The first-order valence-electron chi connectivity index (χ1n) is 7.89. The summed E-state index contributed by atoms with van der Waals surface area (Å²) in [6.07, 6.45) is -3.92. The van der Waals surface area contributed by atoms with Crippen LogP contribution in [-0.2, 0) is 12.7 Å². The fraction of sp³-hybridized carbons (Fsp3) is 0.375. The Morgan fingerprint density at radius 2 is 2.00 bits per heavy atom. The van der Waals surface area contributed by atoms with Gasteiger partial charge in [0.05, 0.1) is 4.92 Å². The van der Waals surface area contributed by atoms with Gasteiger partial charge in [0.2, 0.25) is 5.95 Å². The van der Waals surface area contributed by atoms with Crippen molar-refractivity contribution in [2.45, 2.75) is 39.0 Å². The number of aromatic nitrogens is 2. The molecule has 2 rings (SSSR count). The standard InChI is InChI=1S/C16H18F3N5O2/c1-3-10(2)21-15-22-13(16(17,18)19)8-14(23-15)20-9-11-5-4-6-12(7-11)24(25)26/h4-8,10H,3,9H2,1-2H3,(H2,20,21,22,23)/t10-/m1/s1. The Bertz CT molecular complexity index is 783. The third-order valence-electron chi connectivity index (χ3n) is 3.60. The van der Waals surface area contributed by atoms with Gasteiger partial charge in [0.25, 0.3) is 5.69 Å². The summed E-state index contributed by atoms with van der Waals surface area (Å²) in [4.78, 5) is 17.8. The number of rotatable bonds is 7. The molecule has 0 aliphatic carbocycles. The smallest absolute Gasteiger partial charge is 0.366 e. The van der Waals surface area contributed by atoms with Gasteiger partial charge in [-0.3, -0.25) is 10.1 Å². The summed E-state index contributed by atoms with van der Waals surface area (Å²) in [6.45, 7) is 3.77. The van der Waals surface area contributed by atoms with Crippen molar-refractivity contribution in [1.29, 1.82) is 0 Å². The summed E-state index contributed by atoms with van der Waals surface area (Å²) < 4.78 is 39.2. The van der Waals surface area contributed by atoms with Gasteiger partial charge in [0.1, 0.15) is 5.82 Å². The van der Waals surface area contributed by atoms with Gasteiger partial charge in [-0.25, -0.2) is 4.98 Å². The van der Waals surface area contributed by atoms with Gasteiger partial charge in [-0.2, -0.15) is 18.2 Å². The molecule has 1 aromatic heterocycles. The first-order chi connectivity index (χ1) is 12.2. The number of alkyl halides is 3. The van der Waals surface area contributed by atoms with Crippen molar-refractivity contribution in [2.75, 3.05) is 10.6 Å². The Morgan fingerprint density at radius 3 is 2.62 bits per heavy atom. The van der Waals surface area contributed by atoms with Crippen molar-refractivity contribution in [3.05, 3.63) is 51.7 Å². The van der Waals surface area contributed by atoms with Crippen LogP contribution < -0.4 is 10.6 Å². The second kappa shape index (κ2) is 7.98. The quantitative estimate of drug-likeness (QED) is 0.560. The molecule has 140 valence electrons. The molecule has 0 bridgehead atoms. The summed E-state index contributed by atoms with van der Waals surface area (Å²) >= 11 is 0. The molecule has 2 aromatic rings. The monoisotopic (exact) mass is 369 g/mol. The lowest BCUT2D eigenvalue weighted by Gasteiger charge is -2.15. The SMILES string of the molecule is CC[C@@H](C)Nc1nc(NCc2cccc([N+](=O)[O-])c2)cc(C(F)(F)F)n1. The molecular formula is C16H18F3N5O2. The van der Waals surface area contributed by atoms with Crippen LogP contribution in [0.3, 0.4) is 0 Å². The van der Waals surface area contributed by atoms with Crippen molar-refractivity contribution in [3.63, 3.8) is 0 Å². The largest absolute Gasteiger partial charge is 0.433 e. The molecule has 0 saturated carbocycles. The van der Waals surface area contributed by atoms with E-state index < -0.39 is 16.8 Å². The van der Waals surface area contributed by atoms with Gasteiger partial charge in [0.15, 0.2) is 5.69 Å². The maximum Gasteiger partial charge on any atom is 0.433 e. The highest BCUT2D eigenvalue weighted by atomic mass is 19.4. The second-order valence-corrected chi connectivity index (χ2v) is 5.69. The lowest BCUT2D eigenvalue weighted by atomic mass is 10.2. The summed E-state index contributed by atoms with van der Waals surface area (Å²) in [7, 11) is 0. The number of nitro benzene ring substituents is 1. The third-order valence-corrected chi connectivity index (χ3v) is 3.60. The molecule has 0 fully saturated rings. The first-order valence-corrected chi connectivity index (χ1v) is 7.89. The van der Waals surface area contributed by atoms with Crippen LogP contribution in [0.5, 0.6) is 0 Å². The molecule has 0 unspecified atom stereocenters. The molecule has 1 heterocycles. The van der Waals surface area contributed by atoms with Gasteiger partial charge in [-0.05, 0) is 18.9 Å². The second-order valence-electron chi connectivity index (χ2n) is 5.69. The van der Waals surface area contributed by atoms with Crippen molar-refractivity contribution in [2.24, 2.45) is 0 Å². The third kappa shape index (κ3) is 5.30. The van der Waals surface area contributed by atoms with Crippen LogP contribution in [-0.4, -0.2) is 20.9 Å². The molecule has 2 N–H and O–H groups in total. The predicted molar refractivity (Wildman–Crippen MR) is 90.8 cm³/mol. The van der Waals surface area contributed by atoms with Crippen molar-refractivity contribution < 1.29 is 18.1 Å². The molecule has 0 spiro atoms. The average Bonchev–Trinajstić information content (AvgIpc) is 2.59. The lowest BCUT2D eigenvalue weighted by molar-refractivity contribution is -0.384. The minimum atomic E-state index is -4.61. The normalized spacial score (nSPS) is 12.5. The molecule has 10 heteroatoms. The first kappa shape index (κ1) is 19.4. The van der Waals surface area contributed by atoms with Crippen LogP contribution in [0.1, 0.15) is 31.5 Å². The number of hydrogen-bond donors (Lipinski definition) is 2. The van der Waals surface area contributed by atoms with Crippen LogP contribution in [0.25, 0.3) is 0 Å². The highest BCUT2D eigenvalue weighted by Crippen LogP contribution is 2.30. The van der Waals surface area contributed by atoms with Gasteiger partial charge in [0, 0.05) is 30.8 Å². The Balaban J connectivity index is 2.23. The van der Waals surface area contributed by atoms with Crippen molar-refractivity contribution in [1.82, 2.24) is 9.97 Å². The van der Waals surface area contributed by atoms with E-state index in [-0.39, 0.29) is 30.0 Å². The van der Waals surface area contributed by atoms with Crippen molar-refractivity contribution >= 4 is 17.5 Å². The van der Waals surface area contributed by atoms with Crippen LogP contribution in [0.4, 0.5) is 30.6 Å². The molecule has 0 amide bonds. The Labute approximate surface area is 147 Å². The maximum atomic E-state index is 13.1. The molecule has 7 nitrogen and oxygen atoms in total. The van der Waals surface area contributed by atoms with E-state index in [9.17, 15) is 23.3 Å². The number of non-ortho nitro benzene ring substituents is 1. The van der Waals surface area contributed by atoms with Gasteiger partial charge in [-0.15, -0.1) is 0 Å². The zero-order valence-corrected chi connectivity index (χ0v) is 14.2. The molecular weight excluding hydrogens is 351 g/mol. The molecule has 26 heavy (non-hydrogen) atoms. The number of nitro groups is 1. The lowest BCUT2D eigenvalue weighted by Crippen LogP contribution is -2.19. The zero-order chi connectivity index (χ0) is 19.3. The molecule has 1 aromatic carbocycles. The number of hydrogen-bond acceptors (Lipinski definition) is 6. The Morgan fingerprint density at radius 1 is 1.27 bits per heavy atom. The Kier molecular flexibility index (Phi) is 5.96. The van der Waals surface area contributed by atoms with Gasteiger partial charge < -0.3 is 10.6 Å². The highest BCUT2D eigenvalue weighted by Gasteiger charge is 2.33. The molecule has 0 aliphatic rings. The van der Waals surface area contributed by atoms with E-state index in [2.05, 4.69) is 20.6 Å². The topological polar surface area (TPSA) is 93.0 Å². The summed E-state index contributed by atoms with van der Waals surface area (Å²) in [5, 5.41) is 16.4. The van der Waals surface area contributed by atoms with E-state index in [0.29, 0.717) is 12.0 Å². The number of anilines is 2. The molecule has 0 radical (unpaired) electrons. The summed E-state index contributed by atoms with van der Waals surface area (Å²) in [5.74, 6) is -0.152. The number of benzene rings is 1. The van der Waals surface area contributed by atoms with E-state index >= 15 is 0 Å². The van der Waals surface area contributed by atoms with Crippen molar-refractivity contribution in [3.8, 4) is 0 Å². The fourth-order valence-electron chi connectivity index (χ4n) is 2.04. The van der Waals surface area contributed by atoms with Crippen LogP contribution >= 0.6 is 0 Å². The molecule has 0 aliphatic heterocycles. The highest BCUT2D eigenvalue weighted by molar-refractivity contribution is 5.45.